The van der Waals surface area contributed by atoms with Gasteiger partial charge in [0.25, 0.3) is 0 Å². The van der Waals surface area contributed by atoms with E-state index in [4.69, 9.17) is 4.42 Å². The van der Waals surface area contributed by atoms with E-state index in [1.165, 1.54) is 13.0 Å². The fourth-order valence-electron chi connectivity index (χ4n) is 2.25. The summed E-state index contributed by atoms with van der Waals surface area (Å²) < 4.78 is 5.68. The highest BCUT2D eigenvalue weighted by atomic mass is 16.4. The smallest absolute Gasteiger partial charge is 0.235 e. The number of carbonyl (C=O) groups excluding carboxylic acids is 1. The maximum Gasteiger partial charge on any atom is 0.235 e. The molecule has 5 heteroatoms. The fourth-order valence-corrected chi connectivity index (χ4v) is 2.25. The number of amides is 1. The molecule has 0 aliphatic heterocycles. The van der Waals surface area contributed by atoms with Gasteiger partial charge in [0.2, 0.25) is 17.1 Å². The molecule has 0 radical (unpaired) electrons. The van der Waals surface area contributed by atoms with Gasteiger partial charge in [0.05, 0.1) is 5.39 Å². The van der Waals surface area contributed by atoms with Crippen LogP contribution in [-0.4, -0.2) is 11.0 Å². The first-order valence-corrected chi connectivity index (χ1v) is 6.69. The second kappa shape index (κ2) is 5.37. The van der Waals surface area contributed by atoms with E-state index in [1.54, 1.807) is 36.4 Å². The van der Waals surface area contributed by atoms with Crippen LogP contribution < -0.4 is 10.7 Å². The first kappa shape index (κ1) is 13.9. The van der Waals surface area contributed by atoms with Crippen LogP contribution in [-0.2, 0) is 4.79 Å². The normalized spacial score (nSPS) is 10.6. The molecule has 0 saturated heterocycles. The number of anilines is 1. The summed E-state index contributed by atoms with van der Waals surface area (Å²) in [6.45, 7) is 1.40. The van der Waals surface area contributed by atoms with Crippen LogP contribution in [0.4, 0.5) is 5.69 Å². The highest BCUT2D eigenvalue weighted by molar-refractivity contribution is 5.92. The van der Waals surface area contributed by atoms with Crippen LogP contribution in [0, 0.1) is 0 Å². The van der Waals surface area contributed by atoms with Crippen molar-refractivity contribution in [3.63, 3.8) is 0 Å². The minimum absolute atomic E-state index is 0.109. The number of hydrogen-bond donors (Lipinski definition) is 2. The predicted molar refractivity (Wildman–Crippen MR) is 83.9 cm³/mol. The summed E-state index contributed by atoms with van der Waals surface area (Å²) in [6, 6.07) is 13.5. The van der Waals surface area contributed by atoms with Gasteiger partial charge >= 0.3 is 0 Å². The molecule has 1 heterocycles. The van der Waals surface area contributed by atoms with Gasteiger partial charge in [0, 0.05) is 24.2 Å². The molecule has 0 atom stereocenters. The molecule has 2 N–H and O–H groups in total. The van der Waals surface area contributed by atoms with Crippen molar-refractivity contribution in [3.05, 3.63) is 58.8 Å². The van der Waals surface area contributed by atoms with Crippen LogP contribution in [0.2, 0.25) is 0 Å². The predicted octanol–water partition coefficient (Wildman–Crippen LogP) is 3.12. The standard InChI is InChI=1S/C17H13NO4/c1-10(19)18-12-7-8-13-14(9-12)22-17(16(21)15(13)20)11-5-3-2-4-6-11/h2-9,21H,1H3,(H,18,19). The van der Waals surface area contributed by atoms with Crippen LogP contribution in [0.25, 0.3) is 22.3 Å². The maximum atomic E-state index is 12.3. The van der Waals surface area contributed by atoms with E-state index in [-0.39, 0.29) is 17.1 Å². The molecule has 5 nitrogen and oxygen atoms in total. The molecule has 3 rings (SSSR count). The Labute approximate surface area is 125 Å². The summed E-state index contributed by atoms with van der Waals surface area (Å²) in [5, 5.41) is 13.0. The van der Waals surface area contributed by atoms with E-state index in [0.29, 0.717) is 16.8 Å². The van der Waals surface area contributed by atoms with Gasteiger partial charge in [0.15, 0.2) is 5.76 Å². The van der Waals surface area contributed by atoms with Crippen molar-refractivity contribution >= 4 is 22.6 Å². The minimum Gasteiger partial charge on any atom is -0.502 e. The Morgan fingerprint density at radius 1 is 1.14 bits per heavy atom. The number of carbonyl (C=O) groups is 1. The lowest BCUT2D eigenvalue weighted by atomic mass is 10.1. The Balaban J connectivity index is 2.24. The van der Waals surface area contributed by atoms with Crippen molar-refractivity contribution in [2.24, 2.45) is 0 Å². The van der Waals surface area contributed by atoms with Gasteiger partial charge in [-0.1, -0.05) is 30.3 Å². The van der Waals surface area contributed by atoms with E-state index in [1.807, 2.05) is 6.07 Å². The van der Waals surface area contributed by atoms with E-state index in [9.17, 15) is 14.7 Å². The van der Waals surface area contributed by atoms with Gasteiger partial charge in [-0.3, -0.25) is 9.59 Å². The quantitative estimate of drug-likeness (QED) is 0.761. The molecule has 0 unspecified atom stereocenters. The molecule has 1 aromatic heterocycles. The first-order chi connectivity index (χ1) is 10.6. The van der Waals surface area contributed by atoms with Crippen LogP contribution >= 0.6 is 0 Å². The SMILES string of the molecule is CC(=O)Nc1ccc2c(=O)c(O)c(-c3ccccc3)oc2c1. The molecule has 0 saturated carbocycles. The minimum atomic E-state index is -0.505. The largest absolute Gasteiger partial charge is 0.502 e. The highest BCUT2D eigenvalue weighted by Gasteiger charge is 2.15. The number of nitrogens with one attached hydrogen (secondary N) is 1. The molecular weight excluding hydrogens is 282 g/mol. The Kier molecular flexibility index (Phi) is 3.39. The number of aromatic hydroxyl groups is 1. The van der Waals surface area contributed by atoms with E-state index in [2.05, 4.69) is 5.32 Å². The zero-order chi connectivity index (χ0) is 15.7. The Morgan fingerprint density at radius 2 is 1.86 bits per heavy atom. The van der Waals surface area contributed by atoms with Gasteiger partial charge in [-0.05, 0) is 12.1 Å². The van der Waals surface area contributed by atoms with Gasteiger partial charge in [-0.25, -0.2) is 0 Å². The molecule has 0 bridgehead atoms. The summed E-state index contributed by atoms with van der Waals surface area (Å²) in [5.41, 5.74) is 0.916. The average molecular weight is 295 g/mol. The molecule has 110 valence electrons. The van der Waals surface area contributed by atoms with Crippen molar-refractivity contribution in [1.82, 2.24) is 0 Å². The molecule has 2 aromatic carbocycles. The third-order valence-corrected chi connectivity index (χ3v) is 3.22. The van der Waals surface area contributed by atoms with Crippen molar-refractivity contribution in [2.75, 3.05) is 5.32 Å². The van der Waals surface area contributed by atoms with Crippen molar-refractivity contribution < 1.29 is 14.3 Å². The second-order valence-electron chi connectivity index (χ2n) is 4.87. The van der Waals surface area contributed by atoms with Gasteiger partial charge in [0.1, 0.15) is 5.58 Å². The molecule has 0 spiro atoms. The van der Waals surface area contributed by atoms with E-state index < -0.39 is 11.2 Å². The summed E-state index contributed by atoms with van der Waals surface area (Å²) >= 11 is 0. The van der Waals surface area contributed by atoms with Gasteiger partial charge < -0.3 is 14.8 Å². The zero-order valence-corrected chi connectivity index (χ0v) is 11.8. The fraction of sp³-hybridized carbons (Fsp3) is 0.0588. The van der Waals surface area contributed by atoms with Crippen molar-refractivity contribution in [2.45, 2.75) is 6.92 Å². The molecule has 0 fully saturated rings. The molecule has 0 aliphatic carbocycles. The van der Waals surface area contributed by atoms with Crippen LogP contribution in [0.15, 0.2) is 57.7 Å². The number of fused-ring (bicyclic) bond motifs is 1. The zero-order valence-electron chi connectivity index (χ0n) is 11.8. The lowest BCUT2D eigenvalue weighted by Gasteiger charge is -2.07. The second-order valence-corrected chi connectivity index (χ2v) is 4.87. The van der Waals surface area contributed by atoms with Crippen LogP contribution in [0.5, 0.6) is 5.75 Å². The number of benzene rings is 2. The van der Waals surface area contributed by atoms with E-state index in [0.717, 1.165) is 0 Å². The first-order valence-electron chi connectivity index (χ1n) is 6.69. The third kappa shape index (κ3) is 2.44. The lowest BCUT2D eigenvalue weighted by Crippen LogP contribution is -2.07. The van der Waals surface area contributed by atoms with Gasteiger partial charge in [-0.15, -0.1) is 0 Å². The summed E-state index contributed by atoms with van der Waals surface area (Å²) in [4.78, 5) is 23.4. The average Bonchev–Trinajstić information content (AvgIpc) is 2.51. The molecule has 0 aliphatic rings. The Bertz CT molecular complexity index is 913. The molecular formula is C17H13NO4. The van der Waals surface area contributed by atoms with Crippen molar-refractivity contribution in [1.29, 1.82) is 0 Å². The Hall–Kier alpha value is -3.08. The molecule has 1 amide bonds. The van der Waals surface area contributed by atoms with Gasteiger partial charge in [-0.2, -0.15) is 0 Å². The molecule has 3 aromatic rings. The topological polar surface area (TPSA) is 79.5 Å². The monoisotopic (exact) mass is 295 g/mol. The van der Waals surface area contributed by atoms with E-state index >= 15 is 0 Å². The summed E-state index contributed by atoms with van der Waals surface area (Å²) in [6.07, 6.45) is 0. The highest BCUT2D eigenvalue weighted by Crippen LogP contribution is 2.30. The van der Waals surface area contributed by atoms with Crippen LogP contribution in [0.3, 0.4) is 0 Å². The Morgan fingerprint density at radius 3 is 2.55 bits per heavy atom. The summed E-state index contributed by atoms with van der Waals surface area (Å²) in [5.74, 6) is -0.534. The number of rotatable bonds is 2. The number of hydrogen-bond acceptors (Lipinski definition) is 4. The van der Waals surface area contributed by atoms with Crippen LogP contribution in [0.1, 0.15) is 6.92 Å². The third-order valence-electron chi connectivity index (χ3n) is 3.22. The maximum absolute atomic E-state index is 12.3. The summed E-state index contributed by atoms with van der Waals surface area (Å²) in [7, 11) is 0. The lowest BCUT2D eigenvalue weighted by molar-refractivity contribution is -0.114. The molecule has 22 heavy (non-hydrogen) atoms. The van der Waals surface area contributed by atoms with Crippen molar-refractivity contribution in [3.8, 4) is 17.1 Å².